The van der Waals surface area contributed by atoms with Gasteiger partial charge in [-0.15, -0.1) is 10.2 Å². The van der Waals surface area contributed by atoms with E-state index in [1.165, 1.54) is 43.2 Å². The van der Waals surface area contributed by atoms with E-state index in [0.717, 1.165) is 21.6 Å². The van der Waals surface area contributed by atoms with Crippen LogP contribution in [0.3, 0.4) is 0 Å². The maximum absolute atomic E-state index is 14.1. The second kappa shape index (κ2) is 9.16. The Labute approximate surface area is 184 Å². The molecule has 0 spiro atoms. The van der Waals surface area contributed by atoms with Crippen molar-refractivity contribution in [3.8, 4) is 5.69 Å². The molecule has 1 amide bonds. The third-order valence-corrected chi connectivity index (χ3v) is 7.39. The van der Waals surface area contributed by atoms with Crippen molar-refractivity contribution in [2.45, 2.75) is 29.1 Å². The van der Waals surface area contributed by atoms with Crippen LogP contribution < -0.4 is 5.32 Å². The number of carbonyl (C=O) groups excluding carboxylic acids is 1. The standard InChI is InChI=1S/C20H22FN5O3S2/c1-13-9-10-15(31(28,29)25(3)4)11-17(13)23-19(27)14(2)30-20-24-22-12-26(20)18-8-6-5-7-16(18)21/h5-12,14H,1-4H3,(H,23,27)/t14-/m0/s1. The van der Waals surface area contributed by atoms with E-state index in [-0.39, 0.29) is 16.5 Å². The highest BCUT2D eigenvalue weighted by Gasteiger charge is 2.22. The highest BCUT2D eigenvalue weighted by atomic mass is 32.2. The summed E-state index contributed by atoms with van der Waals surface area (Å²) < 4.78 is 41.5. The van der Waals surface area contributed by atoms with Crippen molar-refractivity contribution in [2.24, 2.45) is 0 Å². The van der Waals surface area contributed by atoms with Gasteiger partial charge in [0.05, 0.1) is 15.8 Å². The molecule has 8 nitrogen and oxygen atoms in total. The lowest BCUT2D eigenvalue weighted by atomic mass is 10.2. The summed E-state index contributed by atoms with van der Waals surface area (Å²) in [5.74, 6) is -0.786. The Morgan fingerprint density at radius 1 is 1.23 bits per heavy atom. The maximum Gasteiger partial charge on any atom is 0.242 e. The lowest BCUT2D eigenvalue weighted by molar-refractivity contribution is -0.115. The molecule has 0 radical (unpaired) electrons. The second-order valence-electron chi connectivity index (χ2n) is 6.95. The number of halogens is 1. The Morgan fingerprint density at radius 3 is 2.61 bits per heavy atom. The minimum atomic E-state index is -3.63. The second-order valence-corrected chi connectivity index (χ2v) is 10.4. The number of para-hydroxylation sites is 1. The van der Waals surface area contributed by atoms with Gasteiger partial charge >= 0.3 is 0 Å². The van der Waals surface area contributed by atoms with Gasteiger partial charge in [0.25, 0.3) is 0 Å². The van der Waals surface area contributed by atoms with E-state index in [1.807, 2.05) is 0 Å². The van der Waals surface area contributed by atoms with Gasteiger partial charge in [0.1, 0.15) is 12.1 Å². The number of nitrogens with one attached hydrogen (secondary N) is 1. The molecule has 0 aliphatic rings. The number of aryl methyl sites for hydroxylation is 1. The van der Waals surface area contributed by atoms with E-state index in [0.29, 0.717) is 10.8 Å². The van der Waals surface area contributed by atoms with E-state index in [1.54, 1.807) is 38.1 Å². The SMILES string of the molecule is Cc1ccc(S(=O)(=O)N(C)C)cc1NC(=O)[C@H](C)Sc1nncn1-c1ccccc1F. The number of carbonyl (C=O) groups is 1. The number of benzene rings is 2. The molecule has 3 aromatic rings. The van der Waals surface area contributed by atoms with Crippen molar-refractivity contribution in [1.29, 1.82) is 0 Å². The Bertz CT molecular complexity index is 1210. The Balaban J connectivity index is 1.79. The van der Waals surface area contributed by atoms with E-state index in [2.05, 4.69) is 15.5 Å². The van der Waals surface area contributed by atoms with Crippen LogP contribution in [-0.4, -0.2) is 52.7 Å². The van der Waals surface area contributed by atoms with Crippen LogP contribution in [0.25, 0.3) is 5.69 Å². The first-order valence-electron chi connectivity index (χ1n) is 9.27. The molecule has 0 saturated heterocycles. The number of hydrogen-bond acceptors (Lipinski definition) is 6. The van der Waals surface area contributed by atoms with Crippen LogP contribution in [0.15, 0.2) is 58.8 Å². The third-order valence-electron chi connectivity index (χ3n) is 4.53. The van der Waals surface area contributed by atoms with Crippen LogP contribution in [0.2, 0.25) is 0 Å². The van der Waals surface area contributed by atoms with E-state index < -0.39 is 21.1 Å². The summed E-state index contributed by atoms with van der Waals surface area (Å²) >= 11 is 1.11. The predicted octanol–water partition coefficient (Wildman–Crippen LogP) is 3.08. The van der Waals surface area contributed by atoms with Gasteiger partial charge in [-0.05, 0) is 43.7 Å². The summed E-state index contributed by atoms with van der Waals surface area (Å²) in [5, 5.41) is 10.3. The van der Waals surface area contributed by atoms with Gasteiger partial charge in [-0.3, -0.25) is 9.36 Å². The molecule has 0 unspecified atom stereocenters. The number of rotatable bonds is 7. The van der Waals surface area contributed by atoms with Gasteiger partial charge < -0.3 is 5.32 Å². The number of hydrogen-bond donors (Lipinski definition) is 1. The van der Waals surface area contributed by atoms with Crippen molar-refractivity contribution >= 4 is 33.4 Å². The Hall–Kier alpha value is -2.76. The van der Waals surface area contributed by atoms with Crippen molar-refractivity contribution < 1.29 is 17.6 Å². The first kappa shape index (κ1) is 22.9. The molecule has 11 heteroatoms. The molecule has 0 aliphatic heterocycles. The van der Waals surface area contributed by atoms with Gasteiger partial charge in [-0.2, -0.15) is 0 Å². The fraction of sp³-hybridized carbons (Fsp3) is 0.250. The summed E-state index contributed by atoms with van der Waals surface area (Å²) in [6.45, 7) is 3.45. The van der Waals surface area contributed by atoms with Crippen LogP contribution in [-0.2, 0) is 14.8 Å². The molecule has 31 heavy (non-hydrogen) atoms. The summed E-state index contributed by atoms with van der Waals surface area (Å²) in [5.41, 5.74) is 1.40. The van der Waals surface area contributed by atoms with Gasteiger partial charge in [0.2, 0.25) is 15.9 Å². The van der Waals surface area contributed by atoms with Crippen LogP contribution >= 0.6 is 11.8 Å². The molecule has 164 valence electrons. The average molecular weight is 464 g/mol. The minimum Gasteiger partial charge on any atom is -0.325 e. The molecule has 0 saturated carbocycles. The van der Waals surface area contributed by atoms with Crippen molar-refractivity contribution in [1.82, 2.24) is 19.1 Å². The monoisotopic (exact) mass is 463 g/mol. The van der Waals surface area contributed by atoms with Gasteiger partial charge in [0.15, 0.2) is 5.16 Å². The van der Waals surface area contributed by atoms with Crippen LogP contribution in [0.4, 0.5) is 10.1 Å². The van der Waals surface area contributed by atoms with E-state index >= 15 is 0 Å². The highest BCUT2D eigenvalue weighted by Crippen LogP contribution is 2.27. The van der Waals surface area contributed by atoms with E-state index in [9.17, 15) is 17.6 Å². The molecule has 1 atom stereocenters. The topological polar surface area (TPSA) is 97.2 Å². The molecule has 1 N–H and O–H groups in total. The molecule has 2 aromatic carbocycles. The van der Waals surface area contributed by atoms with Crippen molar-refractivity contribution in [3.63, 3.8) is 0 Å². The first-order chi connectivity index (χ1) is 14.6. The third kappa shape index (κ3) is 4.94. The fourth-order valence-corrected chi connectivity index (χ4v) is 4.43. The zero-order valence-corrected chi connectivity index (χ0v) is 19.0. The number of nitrogens with zero attached hydrogens (tertiary/aromatic N) is 4. The van der Waals surface area contributed by atoms with Gasteiger partial charge in [-0.25, -0.2) is 17.1 Å². The van der Waals surface area contributed by atoms with Crippen molar-refractivity contribution in [3.05, 3.63) is 60.2 Å². The molecule has 1 heterocycles. The highest BCUT2D eigenvalue weighted by molar-refractivity contribution is 8.00. The Morgan fingerprint density at radius 2 is 1.94 bits per heavy atom. The summed E-state index contributed by atoms with van der Waals surface area (Å²) in [4.78, 5) is 12.9. The Kier molecular flexibility index (Phi) is 6.77. The molecule has 0 bridgehead atoms. The molecular weight excluding hydrogens is 441 g/mol. The summed E-state index contributed by atoms with van der Waals surface area (Å²) in [7, 11) is -0.749. The molecule has 0 fully saturated rings. The number of amides is 1. The lowest BCUT2D eigenvalue weighted by Gasteiger charge is -2.16. The lowest BCUT2D eigenvalue weighted by Crippen LogP contribution is -2.25. The summed E-state index contributed by atoms with van der Waals surface area (Å²) in [6.07, 6.45) is 1.38. The quantitative estimate of drug-likeness (QED) is 0.541. The molecule has 1 aromatic heterocycles. The smallest absolute Gasteiger partial charge is 0.242 e. The largest absolute Gasteiger partial charge is 0.325 e. The normalized spacial score (nSPS) is 12.7. The molecule has 3 rings (SSSR count). The zero-order valence-electron chi connectivity index (χ0n) is 17.4. The average Bonchev–Trinajstić information content (AvgIpc) is 3.17. The number of sulfonamides is 1. The van der Waals surface area contributed by atoms with Crippen LogP contribution in [0.5, 0.6) is 0 Å². The van der Waals surface area contributed by atoms with Gasteiger partial charge in [0, 0.05) is 19.8 Å². The number of aromatic nitrogens is 3. The van der Waals surface area contributed by atoms with E-state index in [4.69, 9.17) is 0 Å². The fourth-order valence-electron chi connectivity index (χ4n) is 2.67. The first-order valence-corrected chi connectivity index (χ1v) is 11.6. The molecular formula is C20H22FN5O3S2. The zero-order chi connectivity index (χ0) is 22.8. The maximum atomic E-state index is 14.1. The van der Waals surface area contributed by atoms with Crippen LogP contribution in [0.1, 0.15) is 12.5 Å². The summed E-state index contributed by atoms with van der Waals surface area (Å²) in [6, 6.07) is 10.8. The molecule has 0 aliphatic carbocycles. The van der Waals surface area contributed by atoms with Crippen LogP contribution in [0, 0.1) is 12.7 Å². The van der Waals surface area contributed by atoms with Crippen molar-refractivity contribution in [2.75, 3.05) is 19.4 Å². The predicted molar refractivity (Wildman–Crippen MR) is 117 cm³/mol. The van der Waals surface area contributed by atoms with Gasteiger partial charge in [-0.1, -0.05) is 30.0 Å². The minimum absolute atomic E-state index is 0.0815. The number of anilines is 1. The number of thioether (sulfide) groups is 1.